The van der Waals surface area contributed by atoms with Crippen molar-refractivity contribution in [3.8, 4) is 0 Å². The average molecular weight is 182 g/mol. The molecule has 0 fully saturated rings. The zero-order valence-electron chi connectivity index (χ0n) is 8.11. The van der Waals surface area contributed by atoms with Crippen molar-refractivity contribution < 1.29 is 13.9 Å². The Labute approximate surface area is 77.7 Å². The minimum absolute atomic E-state index is 0.0962. The van der Waals surface area contributed by atoms with Crippen molar-refractivity contribution in [2.75, 3.05) is 0 Å². The Bertz CT molecular complexity index is 264. The molecule has 0 aliphatic carbocycles. The molecule has 72 valence electrons. The van der Waals surface area contributed by atoms with Gasteiger partial charge in [-0.3, -0.25) is 4.79 Å². The highest BCUT2D eigenvalue weighted by molar-refractivity contribution is 5.66. The number of rotatable bonds is 3. The van der Waals surface area contributed by atoms with Crippen LogP contribution in [0.3, 0.4) is 0 Å². The first-order valence-electron chi connectivity index (χ1n) is 4.32. The molecule has 1 rings (SSSR count). The third-order valence-corrected chi connectivity index (χ3v) is 2.05. The van der Waals surface area contributed by atoms with Gasteiger partial charge in [0.25, 0.3) is 0 Å². The largest absolute Gasteiger partial charge is 0.469 e. The summed E-state index contributed by atoms with van der Waals surface area (Å²) in [5.74, 6) is 0.679. The number of hydrogen-bond donors (Lipinski definition) is 0. The van der Waals surface area contributed by atoms with E-state index in [1.807, 2.05) is 26.0 Å². The van der Waals surface area contributed by atoms with Gasteiger partial charge in [0, 0.05) is 6.92 Å². The van der Waals surface area contributed by atoms with Gasteiger partial charge in [-0.2, -0.15) is 0 Å². The van der Waals surface area contributed by atoms with Crippen molar-refractivity contribution >= 4 is 5.97 Å². The maximum Gasteiger partial charge on any atom is 0.302 e. The average Bonchev–Trinajstić information content (AvgIpc) is 2.53. The van der Waals surface area contributed by atoms with Crippen LogP contribution < -0.4 is 0 Å². The van der Waals surface area contributed by atoms with Crippen LogP contribution in [0.4, 0.5) is 0 Å². The summed E-state index contributed by atoms with van der Waals surface area (Å²) in [4.78, 5) is 10.7. The van der Waals surface area contributed by atoms with E-state index in [1.54, 1.807) is 6.26 Å². The molecule has 1 heterocycles. The quantitative estimate of drug-likeness (QED) is 0.673. The van der Waals surface area contributed by atoms with Crippen LogP contribution in [0.2, 0.25) is 0 Å². The second kappa shape index (κ2) is 4.12. The van der Waals surface area contributed by atoms with E-state index in [2.05, 4.69) is 0 Å². The molecular weight excluding hydrogens is 168 g/mol. The van der Waals surface area contributed by atoms with Gasteiger partial charge in [-0.15, -0.1) is 0 Å². The van der Waals surface area contributed by atoms with E-state index in [0.717, 1.165) is 5.76 Å². The lowest BCUT2D eigenvalue weighted by atomic mass is 10.0. The van der Waals surface area contributed by atoms with E-state index in [-0.39, 0.29) is 18.0 Å². The Morgan fingerprint density at radius 2 is 2.23 bits per heavy atom. The van der Waals surface area contributed by atoms with Crippen LogP contribution in [0.1, 0.15) is 32.4 Å². The lowest BCUT2D eigenvalue weighted by Gasteiger charge is -2.17. The topological polar surface area (TPSA) is 39.4 Å². The van der Waals surface area contributed by atoms with Crippen LogP contribution in [0, 0.1) is 0 Å². The molecule has 1 unspecified atom stereocenters. The van der Waals surface area contributed by atoms with Crippen molar-refractivity contribution in [3.63, 3.8) is 0 Å². The number of carbonyl (C=O) groups is 1. The summed E-state index contributed by atoms with van der Waals surface area (Å²) in [6.07, 6.45) is 1.47. The van der Waals surface area contributed by atoms with Crippen LogP contribution in [0.5, 0.6) is 0 Å². The molecule has 1 aromatic rings. The van der Waals surface area contributed by atoms with E-state index in [4.69, 9.17) is 9.15 Å². The first-order valence-corrected chi connectivity index (χ1v) is 4.32. The summed E-state index contributed by atoms with van der Waals surface area (Å²) in [7, 11) is 0. The van der Waals surface area contributed by atoms with E-state index in [0.29, 0.717) is 0 Å². The molecule has 1 aromatic heterocycles. The lowest BCUT2D eigenvalue weighted by Crippen LogP contribution is -2.18. The maximum atomic E-state index is 10.7. The first-order chi connectivity index (χ1) is 6.11. The predicted molar refractivity (Wildman–Crippen MR) is 48.4 cm³/mol. The van der Waals surface area contributed by atoms with Crippen LogP contribution in [0.15, 0.2) is 22.8 Å². The normalized spacial score (nSPS) is 15.0. The van der Waals surface area contributed by atoms with Crippen LogP contribution in [-0.4, -0.2) is 12.1 Å². The highest BCUT2D eigenvalue weighted by atomic mass is 16.5. The van der Waals surface area contributed by atoms with Gasteiger partial charge in [-0.25, -0.2) is 0 Å². The minimum atomic E-state index is -0.258. The van der Waals surface area contributed by atoms with E-state index in [1.165, 1.54) is 6.92 Å². The highest BCUT2D eigenvalue weighted by Crippen LogP contribution is 2.21. The number of hydrogen-bond acceptors (Lipinski definition) is 3. The third kappa shape index (κ3) is 2.61. The first kappa shape index (κ1) is 9.84. The monoisotopic (exact) mass is 182 g/mol. The van der Waals surface area contributed by atoms with Crippen LogP contribution in [-0.2, 0) is 9.53 Å². The summed E-state index contributed by atoms with van der Waals surface area (Å²) < 4.78 is 10.2. The molecule has 13 heavy (non-hydrogen) atoms. The maximum absolute atomic E-state index is 10.7. The smallest absolute Gasteiger partial charge is 0.302 e. The molecule has 2 atom stereocenters. The summed E-state index contributed by atoms with van der Waals surface area (Å²) in [5.41, 5.74) is 0. The van der Waals surface area contributed by atoms with Crippen molar-refractivity contribution in [2.45, 2.75) is 32.8 Å². The van der Waals surface area contributed by atoms with Gasteiger partial charge in [-0.05, 0) is 19.1 Å². The summed E-state index contributed by atoms with van der Waals surface area (Å²) >= 11 is 0. The van der Waals surface area contributed by atoms with E-state index < -0.39 is 0 Å². The molecule has 0 bridgehead atoms. The number of esters is 1. The minimum Gasteiger partial charge on any atom is -0.469 e. The summed E-state index contributed by atoms with van der Waals surface area (Å²) in [6.45, 7) is 5.23. The summed E-state index contributed by atoms with van der Waals surface area (Å²) in [6, 6.07) is 3.71. The molecule has 3 nitrogen and oxygen atoms in total. The van der Waals surface area contributed by atoms with Crippen LogP contribution >= 0.6 is 0 Å². The van der Waals surface area contributed by atoms with Gasteiger partial charge < -0.3 is 9.15 Å². The second-order valence-corrected chi connectivity index (χ2v) is 3.12. The number of ether oxygens (including phenoxy) is 1. The zero-order chi connectivity index (χ0) is 9.84. The van der Waals surface area contributed by atoms with Crippen molar-refractivity contribution in [1.82, 2.24) is 0 Å². The van der Waals surface area contributed by atoms with Gasteiger partial charge in [0.05, 0.1) is 12.2 Å². The van der Waals surface area contributed by atoms with E-state index in [9.17, 15) is 4.79 Å². The molecular formula is C10H14O3. The Hall–Kier alpha value is -1.25. The fraction of sp³-hybridized carbons (Fsp3) is 0.500. The number of carbonyl (C=O) groups excluding carboxylic acids is 1. The second-order valence-electron chi connectivity index (χ2n) is 3.12. The molecule has 0 N–H and O–H groups in total. The summed E-state index contributed by atoms with van der Waals surface area (Å²) in [5, 5.41) is 0. The van der Waals surface area contributed by atoms with Gasteiger partial charge in [-0.1, -0.05) is 6.92 Å². The van der Waals surface area contributed by atoms with Gasteiger partial charge in [0.2, 0.25) is 0 Å². The van der Waals surface area contributed by atoms with Gasteiger partial charge in [0.1, 0.15) is 11.9 Å². The van der Waals surface area contributed by atoms with Crippen LogP contribution in [0.25, 0.3) is 0 Å². The Morgan fingerprint density at radius 3 is 2.69 bits per heavy atom. The van der Waals surface area contributed by atoms with Crippen molar-refractivity contribution in [2.24, 2.45) is 0 Å². The molecule has 0 aliphatic rings. The fourth-order valence-corrected chi connectivity index (χ4v) is 1.15. The predicted octanol–water partition coefficient (Wildman–Crippen LogP) is 2.33. The van der Waals surface area contributed by atoms with Gasteiger partial charge in [0.15, 0.2) is 0 Å². The fourth-order valence-electron chi connectivity index (χ4n) is 1.15. The van der Waals surface area contributed by atoms with Crippen molar-refractivity contribution in [3.05, 3.63) is 24.2 Å². The van der Waals surface area contributed by atoms with Gasteiger partial charge >= 0.3 is 5.97 Å². The lowest BCUT2D eigenvalue weighted by molar-refractivity contribution is -0.146. The number of furan rings is 1. The Balaban J connectivity index is 2.57. The zero-order valence-corrected chi connectivity index (χ0v) is 8.11. The highest BCUT2D eigenvalue weighted by Gasteiger charge is 2.18. The van der Waals surface area contributed by atoms with Crippen molar-refractivity contribution in [1.29, 1.82) is 0 Å². The standard InChI is InChI=1S/C10H14O3/c1-7(8(2)13-9(3)11)10-5-4-6-12-10/h4-8H,1-3H3/t7?,8-/m1/s1. The molecule has 0 radical (unpaired) electrons. The molecule has 0 aliphatic heterocycles. The Kier molecular flexibility index (Phi) is 3.12. The molecule has 3 heteroatoms. The SMILES string of the molecule is CC(=O)O[C@H](C)C(C)c1ccco1. The van der Waals surface area contributed by atoms with E-state index >= 15 is 0 Å². The molecule has 0 saturated heterocycles. The molecule has 0 spiro atoms. The Morgan fingerprint density at radius 1 is 1.54 bits per heavy atom. The molecule has 0 amide bonds. The molecule has 0 aromatic carbocycles. The third-order valence-electron chi connectivity index (χ3n) is 2.05. The molecule has 0 saturated carbocycles.